The molecular weight excluding hydrogens is 280 g/mol. The second kappa shape index (κ2) is 6.16. The Balaban J connectivity index is 1.87. The van der Waals surface area contributed by atoms with Gasteiger partial charge >= 0.3 is 0 Å². The van der Waals surface area contributed by atoms with E-state index in [-0.39, 0.29) is 0 Å². The van der Waals surface area contributed by atoms with Gasteiger partial charge in [0.25, 0.3) is 0 Å². The first-order chi connectivity index (χ1) is 10.1. The fourth-order valence-electron chi connectivity index (χ4n) is 2.66. The Morgan fingerprint density at radius 1 is 1.38 bits per heavy atom. The maximum atomic E-state index is 5.76. The highest BCUT2D eigenvalue weighted by Gasteiger charge is 2.26. The smallest absolute Gasteiger partial charge is 0.123 e. The molecule has 0 saturated heterocycles. The first kappa shape index (κ1) is 14.5. The van der Waals surface area contributed by atoms with Gasteiger partial charge in [0.05, 0.1) is 12.3 Å². The predicted molar refractivity (Wildman–Crippen MR) is 87.2 cm³/mol. The Morgan fingerprint density at radius 2 is 2.19 bits per heavy atom. The molecule has 4 heteroatoms. The van der Waals surface area contributed by atoms with Gasteiger partial charge in [0.2, 0.25) is 0 Å². The van der Waals surface area contributed by atoms with Crippen LogP contribution < -0.4 is 10.1 Å². The molecule has 0 saturated carbocycles. The summed E-state index contributed by atoms with van der Waals surface area (Å²) in [6, 6.07) is 8.85. The third-order valence-electron chi connectivity index (χ3n) is 3.84. The monoisotopic (exact) mass is 302 g/mol. The first-order valence-corrected chi connectivity index (χ1v) is 8.38. The average Bonchev–Trinajstić information content (AvgIpc) is 2.85. The van der Waals surface area contributed by atoms with E-state index in [4.69, 9.17) is 9.72 Å². The van der Waals surface area contributed by atoms with Gasteiger partial charge in [-0.25, -0.2) is 4.98 Å². The van der Waals surface area contributed by atoms with Crippen LogP contribution in [0.5, 0.6) is 5.75 Å². The van der Waals surface area contributed by atoms with Gasteiger partial charge in [-0.3, -0.25) is 0 Å². The number of aromatic nitrogens is 1. The van der Waals surface area contributed by atoms with E-state index in [0.717, 1.165) is 31.0 Å². The molecule has 1 aliphatic heterocycles. The average molecular weight is 302 g/mol. The maximum absolute atomic E-state index is 5.76. The number of nitrogens with one attached hydrogen (secondary N) is 1. The summed E-state index contributed by atoms with van der Waals surface area (Å²) in [4.78, 5) is 6.18. The molecule has 0 amide bonds. The highest BCUT2D eigenvalue weighted by Crippen LogP contribution is 2.39. The fourth-order valence-corrected chi connectivity index (χ4v) is 3.83. The normalized spacial score (nSPS) is 17.6. The Hall–Kier alpha value is -1.39. The van der Waals surface area contributed by atoms with Gasteiger partial charge in [-0.1, -0.05) is 32.0 Å². The lowest BCUT2D eigenvalue weighted by Gasteiger charge is -2.24. The zero-order chi connectivity index (χ0) is 14.8. The molecule has 0 radical (unpaired) electrons. The van der Waals surface area contributed by atoms with Crippen LogP contribution in [0.3, 0.4) is 0 Å². The molecule has 1 N–H and O–H groups in total. The van der Waals surface area contributed by atoms with E-state index < -0.39 is 0 Å². The van der Waals surface area contributed by atoms with Crippen molar-refractivity contribution in [2.45, 2.75) is 45.7 Å². The van der Waals surface area contributed by atoms with Crippen LogP contribution in [0.2, 0.25) is 0 Å². The summed E-state index contributed by atoms with van der Waals surface area (Å²) < 4.78 is 5.76. The van der Waals surface area contributed by atoms with Gasteiger partial charge in [-0.05, 0) is 19.4 Å². The molecule has 0 bridgehead atoms. The number of nitrogens with zero attached hydrogens (tertiary/aromatic N) is 1. The van der Waals surface area contributed by atoms with E-state index in [1.165, 1.54) is 15.4 Å². The third kappa shape index (κ3) is 3.11. The number of aryl methyl sites for hydroxylation is 1. The van der Waals surface area contributed by atoms with Crippen molar-refractivity contribution in [1.82, 2.24) is 10.3 Å². The van der Waals surface area contributed by atoms with Gasteiger partial charge in [0, 0.05) is 28.9 Å². The fraction of sp³-hybridized carbons (Fsp3) is 0.471. The molecule has 0 fully saturated rings. The number of thiazole rings is 1. The van der Waals surface area contributed by atoms with Gasteiger partial charge < -0.3 is 10.1 Å². The number of hydrogen-bond donors (Lipinski definition) is 1. The SMILES string of the molecule is Cc1nc(C2CCOc3ccccc32)sc1CNC(C)C. The molecule has 112 valence electrons. The van der Waals surface area contributed by atoms with Crippen molar-refractivity contribution < 1.29 is 4.74 Å². The predicted octanol–water partition coefficient (Wildman–Crippen LogP) is 3.86. The molecule has 1 atom stereocenters. The molecule has 3 rings (SSSR count). The van der Waals surface area contributed by atoms with Crippen molar-refractivity contribution >= 4 is 11.3 Å². The molecule has 1 unspecified atom stereocenters. The summed E-state index contributed by atoms with van der Waals surface area (Å²) in [6.07, 6.45) is 1.01. The van der Waals surface area contributed by atoms with Crippen LogP contribution in [0.4, 0.5) is 0 Å². The molecular formula is C17H22N2OS. The van der Waals surface area contributed by atoms with E-state index in [0.29, 0.717) is 12.0 Å². The van der Waals surface area contributed by atoms with Gasteiger partial charge in [-0.2, -0.15) is 0 Å². The van der Waals surface area contributed by atoms with Crippen LogP contribution in [-0.4, -0.2) is 17.6 Å². The van der Waals surface area contributed by atoms with Crippen molar-refractivity contribution in [3.05, 3.63) is 45.4 Å². The maximum Gasteiger partial charge on any atom is 0.123 e. The summed E-state index contributed by atoms with van der Waals surface area (Å²) in [5.41, 5.74) is 2.44. The van der Waals surface area contributed by atoms with E-state index in [2.05, 4.69) is 44.3 Å². The topological polar surface area (TPSA) is 34.1 Å². The Morgan fingerprint density at radius 3 is 3.00 bits per heavy atom. The van der Waals surface area contributed by atoms with E-state index >= 15 is 0 Å². The zero-order valence-corrected chi connectivity index (χ0v) is 13.7. The van der Waals surface area contributed by atoms with E-state index in [1.54, 1.807) is 0 Å². The van der Waals surface area contributed by atoms with Crippen molar-refractivity contribution in [1.29, 1.82) is 0 Å². The van der Waals surface area contributed by atoms with Crippen LogP contribution in [-0.2, 0) is 6.54 Å². The molecule has 21 heavy (non-hydrogen) atoms. The van der Waals surface area contributed by atoms with Crippen molar-refractivity contribution in [2.75, 3.05) is 6.61 Å². The minimum atomic E-state index is 0.381. The summed E-state index contributed by atoms with van der Waals surface area (Å²) in [6.45, 7) is 8.15. The number of rotatable bonds is 4. The number of ether oxygens (including phenoxy) is 1. The molecule has 2 heterocycles. The van der Waals surface area contributed by atoms with Crippen LogP contribution >= 0.6 is 11.3 Å². The second-order valence-electron chi connectivity index (χ2n) is 5.82. The Labute approximate surface area is 130 Å². The lowest BCUT2D eigenvalue weighted by Crippen LogP contribution is -2.21. The second-order valence-corrected chi connectivity index (χ2v) is 6.94. The molecule has 2 aromatic rings. The highest BCUT2D eigenvalue weighted by molar-refractivity contribution is 7.11. The molecule has 1 aromatic carbocycles. The zero-order valence-electron chi connectivity index (χ0n) is 12.8. The molecule has 3 nitrogen and oxygen atoms in total. The molecule has 1 aliphatic rings. The van der Waals surface area contributed by atoms with Crippen LogP contribution in [0, 0.1) is 6.92 Å². The van der Waals surface area contributed by atoms with Crippen LogP contribution in [0.1, 0.15) is 47.3 Å². The highest BCUT2D eigenvalue weighted by atomic mass is 32.1. The molecule has 1 aromatic heterocycles. The minimum Gasteiger partial charge on any atom is -0.493 e. The summed E-state index contributed by atoms with van der Waals surface area (Å²) >= 11 is 1.84. The lowest BCUT2D eigenvalue weighted by molar-refractivity contribution is 0.277. The number of para-hydroxylation sites is 1. The van der Waals surface area contributed by atoms with Crippen LogP contribution in [0.15, 0.2) is 24.3 Å². The standard InChI is InChI=1S/C17H22N2OS/c1-11(2)18-10-16-12(3)19-17(21-16)14-8-9-20-15-7-5-4-6-13(14)15/h4-7,11,14,18H,8-10H2,1-3H3. The van der Waals surface area contributed by atoms with Crippen molar-refractivity contribution in [2.24, 2.45) is 0 Å². The Bertz CT molecular complexity index is 621. The van der Waals surface area contributed by atoms with Gasteiger partial charge in [0.1, 0.15) is 10.8 Å². The van der Waals surface area contributed by atoms with E-state index in [1.807, 2.05) is 17.4 Å². The van der Waals surface area contributed by atoms with Gasteiger partial charge in [-0.15, -0.1) is 11.3 Å². The quantitative estimate of drug-likeness (QED) is 0.931. The summed E-state index contributed by atoms with van der Waals surface area (Å²) in [7, 11) is 0. The van der Waals surface area contributed by atoms with Gasteiger partial charge in [0.15, 0.2) is 0 Å². The number of hydrogen-bond acceptors (Lipinski definition) is 4. The Kier molecular flexibility index (Phi) is 4.27. The largest absolute Gasteiger partial charge is 0.493 e. The van der Waals surface area contributed by atoms with Crippen LogP contribution in [0.25, 0.3) is 0 Å². The third-order valence-corrected chi connectivity index (χ3v) is 5.11. The van der Waals surface area contributed by atoms with E-state index in [9.17, 15) is 0 Å². The van der Waals surface area contributed by atoms with Crippen molar-refractivity contribution in [3.8, 4) is 5.75 Å². The molecule has 0 aliphatic carbocycles. The summed E-state index contributed by atoms with van der Waals surface area (Å²) in [5.74, 6) is 1.40. The number of fused-ring (bicyclic) bond motifs is 1. The minimum absolute atomic E-state index is 0.381. The summed E-state index contributed by atoms with van der Waals surface area (Å²) in [5, 5.41) is 4.71. The molecule has 0 spiro atoms. The number of benzene rings is 1. The van der Waals surface area contributed by atoms with Crippen molar-refractivity contribution in [3.63, 3.8) is 0 Å². The first-order valence-electron chi connectivity index (χ1n) is 7.56. The lowest BCUT2D eigenvalue weighted by atomic mass is 9.94.